The van der Waals surface area contributed by atoms with Gasteiger partial charge in [0.15, 0.2) is 18.6 Å². The summed E-state index contributed by atoms with van der Waals surface area (Å²) in [6, 6.07) is 7.66. The quantitative estimate of drug-likeness (QED) is 0.366. The van der Waals surface area contributed by atoms with Crippen LogP contribution in [0.1, 0.15) is 10.4 Å². The van der Waals surface area contributed by atoms with Gasteiger partial charge in [0.2, 0.25) is 0 Å². The van der Waals surface area contributed by atoms with Crippen LogP contribution in [0.25, 0.3) is 0 Å². The summed E-state index contributed by atoms with van der Waals surface area (Å²) >= 11 is 20.9. The molecule has 0 spiro atoms. The topological polar surface area (TPSA) is 52.6 Å². The van der Waals surface area contributed by atoms with Crippen LogP contribution in [-0.2, 0) is 4.79 Å². The Bertz CT molecular complexity index is 765. The molecule has 0 fully saturated rings. The zero-order valence-electron chi connectivity index (χ0n) is 11.3. The highest BCUT2D eigenvalue weighted by Gasteiger charge is 2.15. The van der Waals surface area contributed by atoms with Gasteiger partial charge < -0.3 is 9.47 Å². The Hall–Kier alpha value is -1.27. The minimum absolute atomic E-state index is 0.0506. The minimum atomic E-state index is -0.740. The first-order valence-electron chi connectivity index (χ1n) is 6.13. The van der Waals surface area contributed by atoms with Crippen molar-refractivity contribution in [1.29, 1.82) is 0 Å². The molecule has 0 saturated carbocycles. The van der Waals surface area contributed by atoms with Crippen molar-refractivity contribution in [3.63, 3.8) is 0 Å². The first-order valence-corrected chi connectivity index (χ1v) is 8.06. The molecule has 23 heavy (non-hydrogen) atoms. The van der Waals surface area contributed by atoms with Crippen LogP contribution in [0.3, 0.4) is 0 Å². The van der Waals surface area contributed by atoms with Gasteiger partial charge in [-0.2, -0.15) is 0 Å². The van der Waals surface area contributed by atoms with Crippen LogP contribution in [0.2, 0.25) is 15.1 Å². The maximum atomic E-state index is 11.9. The number of hydrogen-bond acceptors (Lipinski definition) is 4. The number of hydrogen-bond donors (Lipinski definition) is 0. The number of benzene rings is 2. The minimum Gasteiger partial charge on any atom is -0.480 e. The molecule has 0 aromatic heterocycles. The second-order valence-corrected chi connectivity index (χ2v) is 6.43. The van der Waals surface area contributed by atoms with Crippen molar-refractivity contribution >= 4 is 63.0 Å². The lowest BCUT2D eigenvalue weighted by atomic mass is 10.2. The van der Waals surface area contributed by atoms with Crippen molar-refractivity contribution in [2.75, 3.05) is 6.61 Å². The molecule has 8 heteroatoms. The zero-order chi connectivity index (χ0) is 17.0. The highest BCUT2D eigenvalue weighted by Crippen LogP contribution is 2.32. The highest BCUT2D eigenvalue weighted by atomic mass is 79.9. The molecule has 4 nitrogen and oxygen atoms in total. The number of carbonyl (C=O) groups is 2. The van der Waals surface area contributed by atoms with Gasteiger partial charge in [-0.25, -0.2) is 4.79 Å². The number of halogens is 4. The van der Waals surface area contributed by atoms with Gasteiger partial charge in [0, 0.05) is 9.50 Å². The van der Waals surface area contributed by atoms with Crippen molar-refractivity contribution in [3.8, 4) is 11.5 Å². The summed E-state index contributed by atoms with van der Waals surface area (Å²) in [4.78, 5) is 22.9. The molecule has 2 aromatic carbocycles. The monoisotopic (exact) mass is 436 g/mol. The van der Waals surface area contributed by atoms with E-state index in [2.05, 4.69) is 15.9 Å². The van der Waals surface area contributed by atoms with E-state index in [1.54, 1.807) is 18.2 Å². The maximum absolute atomic E-state index is 11.9. The fraction of sp³-hybridized carbons (Fsp3) is 0.0667. The molecular formula is C15H8BrCl3O4. The van der Waals surface area contributed by atoms with Crippen molar-refractivity contribution < 1.29 is 19.1 Å². The van der Waals surface area contributed by atoms with Crippen molar-refractivity contribution in [1.82, 2.24) is 0 Å². The van der Waals surface area contributed by atoms with Crippen LogP contribution < -0.4 is 9.47 Å². The molecule has 0 radical (unpaired) electrons. The van der Waals surface area contributed by atoms with Gasteiger partial charge in [0.05, 0.1) is 15.6 Å². The SMILES string of the molecule is O=Cc1cc(Cl)cc(Cl)c1OC(=O)COc1ccc(Br)cc1Cl. The molecule has 0 heterocycles. The summed E-state index contributed by atoms with van der Waals surface area (Å²) in [5, 5.41) is 0.648. The van der Waals surface area contributed by atoms with Gasteiger partial charge in [-0.3, -0.25) is 4.79 Å². The number of aldehydes is 1. The second-order valence-electron chi connectivity index (χ2n) is 4.26. The third kappa shape index (κ3) is 4.85. The zero-order valence-corrected chi connectivity index (χ0v) is 15.2. The van der Waals surface area contributed by atoms with Crippen molar-refractivity contribution in [2.24, 2.45) is 0 Å². The number of esters is 1. The van der Waals surface area contributed by atoms with E-state index in [4.69, 9.17) is 44.3 Å². The van der Waals surface area contributed by atoms with E-state index in [0.29, 0.717) is 17.1 Å². The normalized spacial score (nSPS) is 10.3. The molecule has 0 bridgehead atoms. The fourth-order valence-electron chi connectivity index (χ4n) is 1.65. The number of rotatable bonds is 5. The molecule has 0 N–H and O–H groups in total. The molecule has 0 saturated heterocycles. The van der Waals surface area contributed by atoms with E-state index in [1.165, 1.54) is 12.1 Å². The van der Waals surface area contributed by atoms with Gasteiger partial charge >= 0.3 is 5.97 Å². The van der Waals surface area contributed by atoms with Crippen LogP contribution in [-0.4, -0.2) is 18.9 Å². The predicted octanol–water partition coefficient (Wildman–Crippen LogP) is 5.21. The summed E-state index contributed by atoms with van der Waals surface area (Å²) in [5.74, 6) is -0.484. The first-order chi connectivity index (χ1) is 10.9. The van der Waals surface area contributed by atoms with Crippen LogP contribution in [0.15, 0.2) is 34.8 Å². The van der Waals surface area contributed by atoms with E-state index in [0.717, 1.165) is 4.47 Å². The molecular weight excluding hydrogens is 430 g/mol. The summed E-state index contributed by atoms with van der Waals surface area (Å²) in [6.45, 7) is -0.404. The third-order valence-corrected chi connectivity index (χ3v) is 3.91. The lowest BCUT2D eigenvalue weighted by Crippen LogP contribution is -2.18. The second kappa shape index (κ2) is 8.02. The third-order valence-electron chi connectivity index (χ3n) is 2.62. The summed E-state index contributed by atoms with van der Waals surface area (Å²) in [7, 11) is 0. The Morgan fingerprint density at radius 2 is 1.87 bits per heavy atom. The summed E-state index contributed by atoms with van der Waals surface area (Å²) in [6.07, 6.45) is 0.493. The molecule has 2 rings (SSSR count). The maximum Gasteiger partial charge on any atom is 0.349 e. The Labute approximate surface area is 155 Å². The van der Waals surface area contributed by atoms with E-state index >= 15 is 0 Å². The van der Waals surface area contributed by atoms with Crippen molar-refractivity contribution in [3.05, 3.63) is 55.4 Å². The van der Waals surface area contributed by atoms with Crippen molar-refractivity contribution in [2.45, 2.75) is 0 Å². The van der Waals surface area contributed by atoms with Gasteiger partial charge in [0.25, 0.3) is 0 Å². The molecule has 120 valence electrons. The van der Waals surface area contributed by atoms with Gasteiger partial charge in [0.1, 0.15) is 5.75 Å². The van der Waals surface area contributed by atoms with Gasteiger partial charge in [-0.15, -0.1) is 0 Å². The average Bonchev–Trinajstić information content (AvgIpc) is 2.48. The lowest BCUT2D eigenvalue weighted by molar-refractivity contribution is -0.136. The number of carbonyl (C=O) groups excluding carboxylic acids is 2. The summed E-state index contributed by atoms with van der Waals surface area (Å²) < 4.78 is 11.1. The van der Waals surface area contributed by atoms with Crippen LogP contribution >= 0.6 is 50.7 Å². The summed E-state index contributed by atoms with van der Waals surface area (Å²) in [5.41, 5.74) is 0.0672. The van der Waals surface area contributed by atoms with E-state index in [-0.39, 0.29) is 21.4 Å². The van der Waals surface area contributed by atoms with Crippen LogP contribution in [0.4, 0.5) is 0 Å². The van der Waals surface area contributed by atoms with E-state index in [1.807, 2.05) is 0 Å². The first kappa shape index (κ1) is 18.1. The molecule has 2 aromatic rings. The lowest BCUT2D eigenvalue weighted by Gasteiger charge is -2.11. The van der Waals surface area contributed by atoms with E-state index in [9.17, 15) is 9.59 Å². The molecule has 0 unspecified atom stereocenters. The van der Waals surface area contributed by atoms with Gasteiger partial charge in [-0.05, 0) is 30.3 Å². The molecule has 0 atom stereocenters. The predicted molar refractivity (Wildman–Crippen MR) is 92.1 cm³/mol. The Kier molecular flexibility index (Phi) is 6.30. The van der Waals surface area contributed by atoms with E-state index < -0.39 is 12.6 Å². The Balaban J connectivity index is 2.07. The smallest absolute Gasteiger partial charge is 0.349 e. The molecule has 0 aliphatic carbocycles. The largest absolute Gasteiger partial charge is 0.480 e. The molecule has 0 amide bonds. The molecule has 0 aliphatic rings. The fourth-order valence-corrected chi connectivity index (χ4v) is 2.92. The number of ether oxygens (including phenoxy) is 2. The van der Waals surface area contributed by atoms with Gasteiger partial charge in [-0.1, -0.05) is 50.7 Å². The van der Waals surface area contributed by atoms with Crippen LogP contribution in [0.5, 0.6) is 11.5 Å². The Morgan fingerprint density at radius 3 is 2.52 bits per heavy atom. The molecule has 0 aliphatic heterocycles. The highest BCUT2D eigenvalue weighted by molar-refractivity contribution is 9.10. The Morgan fingerprint density at radius 1 is 1.13 bits per heavy atom. The average molecular weight is 438 g/mol. The standard InChI is InChI=1S/C15H8BrCl3O4/c16-9-1-2-13(11(18)4-9)22-7-14(21)23-15-8(6-20)3-10(17)5-12(15)19/h1-6H,7H2. The van der Waals surface area contributed by atoms with Crippen LogP contribution in [0, 0.1) is 0 Å².